The van der Waals surface area contributed by atoms with Crippen LogP contribution in [0.2, 0.25) is 0 Å². The molecule has 0 rings (SSSR count). The topological polar surface area (TPSA) is 89.5 Å². The molecule has 0 bridgehead atoms. The lowest BCUT2D eigenvalue weighted by atomic mass is 10.3. The molecule has 0 aromatic heterocycles. The summed E-state index contributed by atoms with van der Waals surface area (Å²) >= 11 is -2.31. The molecule has 11 heavy (non-hydrogen) atoms. The molecule has 0 aliphatic rings. The normalized spacial score (nSPS) is 15.8. The molecule has 0 aromatic carbocycles. The molecule has 0 aliphatic heterocycles. The first-order valence-electron chi connectivity index (χ1n) is 3.10. The summed E-state index contributed by atoms with van der Waals surface area (Å²) in [7, 11) is 0. The van der Waals surface area contributed by atoms with Crippen LogP contribution in [0, 0.1) is 0 Å². The number of carbonyl (C=O) groups is 1. The number of carboxylic acids is 1. The molecular weight excluding hydrogens is 170 g/mol. The van der Waals surface area contributed by atoms with Gasteiger partial charge in [-0.05, 0) is 6.54 Å². The Morgan fingerprint density at radius 1 is 1.82 bits per heavy atom. The van der Waals surface area contributed by atoms with Crippen molar-refractivity contribution in [2.45, 2.75) is 13.0 Å². The minimum absolute atomic E-state index is 0.386. The lowest BCUT2D eigenvalue weighted by Crippen LogP contribution is -2.40. The number of rotatable bonds is 5. The number of hydrogen-bond acceptors (Lipinski definition) is 4. The Kier molecular flexibility index (Phi) is 5.01. The van der Waals surface area contributed by atoms with Crippen LogP contribution in [0.5, 0.6) is 0 Å². The van der Waals surface area contributed by atoms with Crippen molar-refractivity contribution >= 4 is 17.0 Å². The molecule has 0 radical (unpaired) electrons. The van der Waals surface area contributed by atoms with Gasteiger partial charge >= 0.3 is 5.97 Å². The minimum atomic E-state index is -2.31. The molecule has 1 unspecified atom stereocenters. The van der Waals surface area contributed by atoms with Crippen LogP contribution < -0.4 is 5.32 Å². The molecule has 0 aliphatic carbocycles. The van der Waals surface area contributed by atoms with Gasteiger partial charge in [0.1, 0.15) is 6.04 Å². The van der Waals surface area contributed by atoms with Crippen LogP contribution in [0.4, 0.5) is 0 Å². The third kappa shape index (κ3) is 4.88. The van der Waals surface area contributed by atoms with Crippen LogP contribution in [-0.2, 0) is 15.9 Å². The Balaban J connectivity index is 3.89. The van der Waals surface area contributed by atoms with Crippen molar-refractivity contribution in [2.75, 3.05) is 12.3 Å². The van der Waals surface area contributed by atoms with Crippen LogP contribution in [-0.4, -0.2) is 38.2 Å². The molecular formula is C5H10NO4S-. The second-order valence-electron chi connectivity index (χ2n) is 1.92. The maximum atomic E-state index is 10.3. The fourth-order valence-electron chi connectivity index (χ4n) is 0.600. The van der Waals surface area contributed by atoms with Crippen molar-refractivity contribution in [3.05, 3.63) is 0 Å². The molecule has 0 saturated heterocycles. The molecule has 0 aromatic rings. The van der Waals surface area contributed by atoms with E-state index in [4.69, 9.17) is 5.11 Å². The molecule has 6 heteroatoms. The van der Waals surface area contributed by atoms with Gasteiger partial charge in [-0.25, -0.2) is 0 Å². The van der Waals surface area contributed by atoms with E-state index in [2.05, 4.69) is 5.32 Å². The third-order valence-electron chi connectivity index (χ3n) is 1.05. The van der Waals surface area contributed by atoms with E-state index < -0.39 is 23.1 Å². The number of hydrogen-bond donors (Lipinski definition) is 2. The predicted molar refractivity (Wildman–Crippen MR) is 38.9 cm³/mol. The summed E-state index contributed by atoms with van der Waals surface area (Å²) in [6, 6.07) is -0.988. The summed E-state index contributed by atoms with van der Waals surface area (Å²) in [6.45, 7) is 2.15. The Labute approximate surface area is 67.1 Å². The van der Waals surface area contributed by atoms with Gasteiger partial charge in [0.05, 0.1) is 0 Å². The van der Waals surface area contributed by atoms with Gasteiger partial charge in [0.25, 0.3) is 0 Å². The molecule has 0 saturated carbocycles. The van der Waals surface area contributed by atoms with E-state index in [1.165, 1.54) is 0 Å². The van der Waals surface area contributed by atoms with Gasteiger partial charge in [-0.15, -0.1) is 0 Å². The molecule has 5 nitrogen and oxygen atoms in total. The molecule has 0 heterocycles. The van der Waals surface area contributed by atoms with E-state index in [0.29, 0.717) is 6.54 Å². The quantitative estimate of drug-likeness (QED) is 0.526. The number of likely N-dealkylation sites (N-methyl/N-ethyl adjacent to an activating group) is 1. The zero-order valence-corrected chi connectivity index (χ0v) is 6.89. The van der Waals surface area contributed by atoms with E-state index >= 15 is 0 Å². The van der Waals surface area contributed by atoms with Gasteiger partial charge in [0.15, 0.2) is 0 Å². The number of carboxylic acid groups (broad SMARTS) is 1. The van der Waals surface area contributed by atoms with Gasteiger partial charge in [-0.3, -0.25) is 9.00 Å². The molecule has 0 fully saturated rings. The monoisotopic (exact) mass is 180 g/mol. The summed E-state index contributed by atoms with van der Waals surface area (Å²) in [5.74, 6) is -1.53. The minimum Gasteiger partial charge on any atom is -0.772 e. The van der Waals surface area contributed by atoms with Crippen LogP contribution in [0.25, 0.3) is 0 Å². The highest BCUT2D eigenvalue weighted by Crippen LogP contribution is 1.86. The highest BCUT2D eigenvalue weighted by atomic mass is 32.2. The Bertz CT molecular complexity index is 161. The standard InChI is InChI=1S/C5H11NO4S/c1-2-6-4(5(7)8)3-11(9)10/h4,6H,2-3H2,1H3,(H,7,8)(H,9,10)/p-1/t4-/m1/s1. The van der Waals surface area contributed by atoms with Crippen molar-refractivity contribution in [1.29, 1.82) is 0 Å². The summed E-state index contributed by atoms with van der Waals surface area (Å²) in [4.78, 5) is 10.3. The van der Waals surface area contributed by atoms with Crippen molar-refractivity contribution < 1.29 is 18.7 Å². The fraction of sp³-hybridized carbons (Fsp3) is 0.800. The maximum Gasteiger partial charge on any atom is 0.321 e. The van der Waals surface area contributed by atoms with E-state index in [1.54, 1.807) is 6.92 Å². The van der Waals surface area contributed by atoms with Crippen molar-refractivity contribution in [2.24, 2.45) is 0 Å². The summed E-state index contributed by atoms with van der Waals surface area (Å²) < 4.78 is 20.2. The average Bonchev–Trinajstić information content (AvgIpc) is 1.86. The largest absolute Gasteiger partial charge is 0.772 e. The predicted octanol–water partition coefficient (Wildman–Crippen LogP) is -1.07. The first-order chi connectivity index (χ1) is 5.07. The van der Waals surface area contributed by atoms with Crippen molar-refractivity contribution in [1.82, 2.24) is 5.32 Å². The molecule has 0 amide bonds. The second kappa shape index (κ2) is 5.22. The lowest BCUT2D eigenvalue weighted by Gasteiger charge is -2.13. The van der Waals surface area contributed by atoms with Crippen molar-refractivity contribution in [3.63, 3.8) is 0 Å². The van der Waals surface area contributed by atoms with Crippen LogP contribution in [0.1, 0.15) is 6.92 Å². The Morgan fingerprint density at radius 3 is 2.64 bits per heavy atom. The fourth-order valence-corrected chi connectivity index (χ4v) is 1.13. The van der Waals surface area contributed by atoms with E-state index in [9.17, 15) is 13.6 Å². The van der Waals surface area contributed by atoms with Gasteiger partial charge < -0.3 is 15.0 Å². The van der Waals surface area contributed by atoms with Crippen LogP contribution in [0.15, 0.2) is 0 Å². The molecule has 66 valence electrons. The second-order valence-corrected chi connectivity index (χ2v) is 2.86. The Hall–Kier alpha value is -0.460. The first kappa shape index (κ1) is 10.5. The number of nitrogens with one attached hydrogen (secondary N) is 1. The Morgan fingerprint density at radius 2 is 2.36 bits per heavy atom. The zero-order valence-electron chi connectivity index (χ0n) is 6.07. The highest BCUT2D eigenvalue weighted by molar-refractivity contribution is 7.79. The maximum absolute atomic E-state index is 10.3. The molecule has 0 spiro atoms. The van der Waals surface area contributed by atoms with E-state index in [0.717, 1.165) is 0 Å². The first-order valence-corrected chi connectivity index (χ1v) is 4.34. The van der Waals surface area contributed by atoms with Gasteiger partial charge in [0, 0.05) is 5.75 Å². The zero-order chi connectivity index (χ0) is 8.85. The highest BCUT2D eigenvalue weighted by Gasteiger charge is 2.14. The van der Waals surface area contributed by atoms with Gasteiger partial charge in [-0.2, -0.15) is 0 Å². The van der Waals surface area contributed by atoms with Crippen LogP contribution in [0.3, 0.4) is 0 Å². The smallest absolute Gasteiger partial charge is 0.321 e. The number of aliphatic carboxylic acids is 1. The lowest BCUT2D eigenvalue weighted by molar-refractivity contribution is -0.138. The molecule has 2 N–H and O–H groups in total. The third-order valence-corrected chi connectivity index (χ3v) is 1.66. The SMILES string of the molecule is CCN[C@H](CS(=O)[O-])C(=O)O. The average molecular weight is 180 g/mol. The summed E-state index contributed by atoms with van der Waals surface area (Å²) in [5, 5.41) is 10.9. The van der Waals surface area contributed by atoms with Crippen LogP contribution >= 0.6 is 0 Å². The summed E-state index contributed by atoms with van der Waals surface area (Å²) in [6.07, 6.45) is 0. The van der Waals surface area contributed by atoms with E-state index in [1.807, 2.05) is 0 Å². The summed E-state index contributed by atoms with van der Waals surface area (Å²) in [5.41, 5.74) is 0. The molecule has 2 atom stereocenters. The van der Waals surface area contributed by atoms with E-state index in [-0.39, 0.29) is 5.75 Å². The van der Waals surface area contributed by atoms with Crippen molar-refractivity contribution in [3.8, 4) is 0 Å². The van der Waals surface area contributed by atoms with Gasteiger partial charge in [0.2, 0.25) is 0 Å². The van der Waals surface area contributed by atoms with Gasteiger partial charge in [-0.1, -0.05) is 18.0 Å².